The van der Waals surface area contributed by atoms with Gasteiger partial charge in [-0.25, -0.2) is 0 Å². The van der Waals surface area contributed by atoms with Gasteiger partial charge >= 0.3 is 0 Å². The molecule has 0 aliphatic rings. The molecule has 0 amide bonds. The first-order valence-electron chi connectivity index (χ1n) is 7.20. The van der Waals surface area contributed by atoms with Gasteiger partial charge in [-0.3, -0.25) is 0 Å². The summed E-state index contributed by atoms with van der Waals surface area (Å²) in [5.74, 6) is 2.44. The normalized spacial score (nSPS) is 17.5. The van der Waals surface area contributed by atoms with Gasteiger partial charge in [0, 0.05) is 13.1 Å². The van der Waals surface area contributed by atoms with Crippen LogP contribution in [0.2, 0.25) is 0 Å². The largest absolute Gasteiger partial charge is 0.309 e. The summed E-state index contributed by atoms with van der Waals surface area (Å²) in [5.41, 5.74) is 0. The Balaban J connectivity index is 3.78. The molecule has 0 N–H and O–H groups in total. The van der Waals surface area contributed by atoms with Crippen LogP contribution >= 0.6 is 0 Å². The molecule has 2 nitrogen and oxygen atoms in total. The third kappa shape index (κ3) is 8.62. The molecule has 3 atom stereocenters. The van der Waals surface area contributed by atoms with Crippen LogP contribution in [0.1, 0.15) is 40.5 Å². The Morgan fingerprint density at radius 1 is 0.882 bits per heavy atom. The second kappa shape index (κ2) is 8.93. The standard InChI is InChI=1S/C15H34N2/c1-8-13(2)11-17(7)10-9-14(3)15(4)12-16(5)6/h13-15H,8-12H2,1-7H3/t13-,14?,15-/m1/s1. The minimum Gasteiger partial charge on any atom is -0.309 e. The van der Waals surface area contributed by atoms with Crippen molar-refractivity contribution in [3.63, 3.8) is 0 Å². The Bertz CT molecular complexity index is 180. The minimum absolute atomic E-state index is 0.794. The Morgan fingerprint density at radius 3 is 1.94 bits per heavy atom. The summed E-state index contributed by atoms with van der Waals surface area (Å²) in [5, 5.41) is 0. The highest BCUT2D eigenvalue weighted by atomic mass is 15.1. The first-order valence-corrected chi connectivity index (χ1v) is 7.20. The molecular formula is C15H34N2. The smallest absolute Gasteiger partial charge is 0.000387 e. The van der Waals surface area contributed by atoms with Gasteiger partial charge in [0.25, 0.3) is 0 Å². The van der Waals surface area contributed by atoms with Crippen LogP contribution in [0.4, 0.5) is 0 Å². The zero-order chi connectivity index (χ0) is 13.4. The van der Waals surface area contributed by atoms with E-state index in [1.165, 1.54) is 32.5 Å². The molecule has 0 aromatic carbocycles. The lowest BCUT2D eigenvalue weighted by molar-refractivity contribution is 0.222. The fourth-order valence-electron chi connectivity index (χ4n) is 2.22. The first kappa shape index (κ1) is 16.9. The summed E-state index contributed by atoms with van der Waals surface area (Å²) >= 11 is 0. The molecular weight excluding hydrogens is 208 g/mol. The van der Waals surface area contributed by atoms with Crippen LogP contribution < -0.4 is 0 Å². The highest BCUT2D eigenvalue weighted by Crippen LogP contribution is 2.16. The van der Waals surface area contributed by atoms with Gasteiger partial charge in [-0.2, -0.15) is 0 Å². The third-order valence-electron chi connectivity index (χ3n) is 3.91. The van der Waals surface area contributed by atoms with Gasteiger partial charge < -0.3 is 9.80 Å². The second-order valence-corrected chi connectivity index (χ2v) is 6.28. The number of nitrogens with zero attached hydrogens (tertiary/aromatic N) is 2. The molecule has 0 bridgehead atoms. The van der Waals surface area contributed by atoms with Crippen molar-refractivity contribution in [2.75, 3.05) is 40.8 Å². The molecule has 0 aliphatic carbocycles. The van der Waals surface area contributed by atoms with E-state index < -0.39 is 0 Å². The predicted octanol–water partition coefficient (Wildman–Crippen LogP) is 3.19. The molecule has 1 unspecified atom stereocenters. The maximum Gasteiger partial charge on any atom is 0.000387 e. The lowest BCUT2D eigenvalue weighted by atomic mass is 9.92. The third-order valence-corrected chi connectivity index (χ3v) is 3.91. The van der Waals surface area contributed by atoms with Crippen molar-refractivity contribution < 1.29 is 0 Å². The second-order valence-electron chi connectivity index (χ2n) is 6.28. The molecule has 0 heterocycles. The van der Waals surface area contributed by atoms with Crippen molar-refractivity contribution in [1.82, 2.24) is 9.80 Å². The highest BCUT2D eigenvalue weighted by Gasteiger charge is 2.14. The summed E-state index contributed by atoms with van der Waals surface area (Å²) in [6.45, 7) is 13.1. The zero-order valence-corrected chi connectivity index (χ0v) is 13.2. The zero-order valence-electron chi connectivity index (χ0n) is 13.2. The highest BCUT2D eigenvalue weighted by molar-refractivity contribution is 4.67. The molecule has 0 spiro atoms. The Hall–Kier alpha value is -0.0800. The van der Waals surface area contributed by atoms with Gasteiger partial charge in [-0.1, -0.05) is 34.1 Å². The molecule has 0 aromatic heterocycles. The van der Waals surface area contributed by atoms with Crippen molar-refractivity contribution in [2.45, 2.75) is 40.5 Å². The average molecular weight is 242 g/mol. The van der Waals surface area contributed by atoms with Crippen LogP contribution in [0.25, 0.3) is 0 Å². The van der Waals surface area contributed by atoms with E-state index in [4.69, 9.17) is 0 Å². The molecule has 17 heavy (non-hydrogen) atoms. The SMILES string of the molecule is CC[C@@H](C)CN(C)CCC(C)[C@H](C)CN(C)C. The lowest BCUT2D eigenvalue weighted by Gasteiger charge is -2.26. The van der Waals surface area contributed by atoms with E-state index in [9.17, 15) is 0 Å². The summed E-state index contributed by atoms with van der Waals surface area (Å²) < 4.78 is 0. The Kier molecular flexibility index (Phi) is 8.89. The van der Waals surface area contributed by atoms with E-state index in [1.807, 2.05) is 0 Å². The molecule has 0 aliphatic heterocycles. The van der Waals surface area contributed by atoms with Crippen LogP contribution in [0.3, 0.4) is 0 Å². The Morgan fingerprint density at radius 2 is 1.47 bits per heavy atom. The number of rotatable bonds is 9. The monoisotopic (exact) mass is 242 g/mol. The van der Waals surface area contributed by atoms with E-state index in [1.54, 1.807) is 0 Å². The summed E-state index contributed by atoms with van der Waals surface area (Å²) in [6.07, 6.45) is 2.61. The van der Waals surface area contributed by atoms with Crippen molar-refractivity contribution >= 4 is 0 Å². The Labute approximate surface area is 109 Å². The summed E-state index contributed by atoms with van der Waals surface area (Å²) in [4.78, 5) is 4.79. The van der Waals surface area contributed by atoms with E-state index in [2.05, 4.69) is 58.6 Å². The molecule has 0 saturated carbocycles. The summed E-state index contributed by atoms with van der Waals surface area (Å²) in [6, 6.07) is 0. The number of hydrogen-bond donors (Lipinski definition) is 0. The fourth-order valence-corrected chi connectivity index (χ4v) is 2.22. The molecule has 0 aromatic rings. The predicted molar refractivity (Wildman–Crippen MR) is 78.5 cm³/mol. The van der Waals surface area contributed by atoms with Crippen LogP contribution in [-0.2, 0) is 0 Å². The van der Waals surface area contributed by atoms with Gasteiger partial charge in [-0.05, 0) is 51.9 Å². The first-order chi connectivity index (χ1) is 7.86. The minimum atomic E-state index is 0.794. The topological polar surface area (TPSA) is 6.48 Å². The maximum absolute atomic E-state index is 2.49. The van der Waals surface area contributed by atoms with Crippen LogP contribution in [0, 0.1) is 17.8 Å². The van der Waals surface area contributed by atoms with E-state index in [0.717, 1.165) is 17.8 Å². The molecule has 0 fully saturated rings. The van der Waals surface area contributed by atoms with Gasteiger partial charge in [0.1, 0.15) is 0 Å². The molecule has 104 valence electrons. The van der Waals surface area contributed by atoms with E-state index in [0.29, 0.717) is 0 Å². The van der Waals surface area contributed by atoms with E-state index >= 15 is 0 Å². The quantitative estimate of drug-likeness (QED) is 0.613. The van der Waals surface area contributed by atoms with Crippen molar-refractivity contribution in [3.8, 4) is 0 Å². The molecule has 2 heteroatoms. The molecule has 0 radical (unpaired) electrons. The van der Waals surface area contributed by atoms with Crippen molar-refractivity contribution in [2.24, 2.45) is 17.8 Å². The molecule has 0 rings (SSSR count). The van der Waals surface area contributed by atoms with E-state index in [-0.39, 0.29) is 0 Å². The number of hydrogen-bond acceptors (Lipinski definition) is 2. The van der Waals surface area contributed by atoms with Gasteiger partial charge in [-0.15, -0.1) is 0 Å². The van der Waals surface area contributed by atoms with Gasteiger partial charge in [0.05, 0.1) is 0 Å². The van der Waals surface area contributed by atoms with Crippen LogP contribution in [0.15, 0.2) is 0 Å². The molecule has 0 saturated heterocycles. The van der Waals surface area contributed by atoms with Crippen molar-refractivity contribution in [3.05, 3.63) is 0 Å². The summed E-state index contributed by atoms with van der Waals surface area (Å²) in [7, 11) is 6.59. The average Bonchev–Trinajstić information content (AvgIpc) is 2.24. The van der Waals surface area contributed by atoms with Crippen molar-refractivity contribution in [1.29, 1.82) is 0 Å². The van der Waals surface area contributed by atoms with Crippen LogP contribution in [-0.4, -0.2) is 50.6 Å². The van der Waals surface area contributed by atoms with Crippen LogP contribution in [0.5, 0.6) is 0 Å². The van der Waals surface area contributed by atoms with Gasteiger partial charge in [0.2, 0.25) is 0 Å². The van der Waals surface area contributed by atoms with Gasteiger partial charge in [0.15, 0.2) is 0 Å². The lowest BCUT2D eigenvalue weighted by Crippen LogP contribution is -2.29. The fraction of sp³-hybridized carbons (Fsp3) is 1.00. The maximum atomic E-state index is 2.49.